The summed E-state index contributed by atoms with van der Waals surface area (Å²) in [5.74, 6) is 5.36. The number of carbonyl (C=O) groups is 1. The van der Waals surface area contributed by atoms with Gasteiger partial charge in [-0.05, 0) is 19.2 Å². The molecule has 0 bridgehead atoms. The normalized spacial score (nSPS) is 10.1. The van der Waals surface area contributed by atoms with Crippen molar-refractivity contribution in [2.45, 2.75) is 0 Å². The van der Waals surface area contributed by atoms with Crippen molar-refractivity contribution < 1.29 is 9.53 Å². The number of rotatable bonds is 7. The van der Waals surface area contributed by atoms with Gasteiger partial charge in [-0.15, -0.1) is 0 Å². The summed E-state index contributed by atoms with van der Waals surface area (Å²) in [7, 11) is 3.64. The molecule has 0 saturated carbocycles. The van der Waals surface area contributed by atoms with Crippen LogP contribution in [0.1, 0.15) is 16.1 Å². The predicted molar refractivity (Wildman–Crippen MR) is 81.9 cm³/mol. The van der Waals surface area contributed by atoms with E-state index in [1.54, 1.807) is 25.4 Å². The first kappa shape index (κ1) is 17.1. The molecule has 0 saturated heterocycles. The van der Waals surface area contributed by atoms with Crippen molar-refractivity contribution in [3.8, 4) is 11.8 Å². The molecule has 3 N–H and O–H groups in total. The Balaban J connectivity index is 2.52. The molecule has 1 aromatic heterocycles. The van der Waals surface area contributed by atoms with E-state index in [1.165, 1.54) is 0 Å². The molecule has 1 rings (SSSR count). The number of aromatic nitrogens is 1. The zero-order valence-corrected chi connectivity index (χ0v) is 12.6. The third-order valence-electron chi connectivity index (χ3n) is 2.80. The molecule has 0 spiro atoms. The maximum Gasteiger partial charge on any atom is 0.271 e. The minimum absolute atomic E-state index is 0.225. The second-order valence-corrected chi connectivity index (χ2v) is 4.46. The third-order valence-corrected chi connectivity index (χ3v) is 2.80. The van der Waals surface area contributed by atoms with Crippen LogP contribution in [0, 0.1) is 11.8 Å². The molecule has 1 amide bonds. The highest BCUT2D eigenvalue weighted by molar-refractivity contribution is 5.94. The molecule has 1 heterocycles. The maximum atomic E-state index is 12.1. The standard InChI is InChI=1S/C15H22N4O2/c1-19(11-12-21-2)10-9-18-15(20)14-13(5-3-7-16)6-4-8-17-14/h4,6,8H,7,9-12,16H2,1-2H3,(H,18,20). The second kappa shape index (κ2) is 9.88. The Morgan fingerprint density at radius 3 is 3.05 bits per heavy atom. The third kappa shape index (κ3) is 6.36. The first-order chi connectivity index (χ1) is 10.2. The quantitative estimate of drug-likeness (QED) is 0.674. The minimum atomic E-state index is -0.225. The van der Waals surface area contributed by atoms with Crippen LogP contribution in [0.2, 0.25) is 0 Å². The molecule has 0 fully saturated rings. The Labute approximate surface area is 125 Å². The smallest absolute Gasteiger partial charge is 0.271 e. The van der Waals surface area contributed by atoms with Crippen molar-refractivity contribution in [3.63, 3.8) is 0 Å². The fourth-order valence-corrected chi connectivity index (χ4v) is 1.64. The lowest BCUT2D eigenvalue weighted by molar-refractivity contribution is 0.0942. The Bertz CT molecular complexity index is 508. The molecule has 0 radical (unpaired) electrons. The van der Waals surface area contributed by atoms with Crippen LogP contribution in [0.4, 0.5) is 0 Å². The SMILES string of the molecule is COCCN(C)CCNC(=O)c1ncccc1C#CCN. The van der Waals surface area contributed by atoms with E-state index in [-0.39, 0.29) is 12.5 Å². The number of ether oxygens (including phenoxy) is 1. The van der Waals surface area contributed by atoms with E-state index in [0.29, 0.717) is 24.4 Å². The number of likely N-dealkylation sites (N-methyl/N-ethyl adjacent to an activating group) is 1. The lowest BCUT2D eigenvalue weighted by Gasteiger charge is -2.16. The van der Waals surface area contributed by atoms with Crippen LogP contribution in [-0.2, 0) is 4.74 Å². The first-order valence-electron chi connectivity index (χ1n) is 6.78. The molecule has 0 aliphatic carbocycles. The van der Waals surface area contributed by atoms with Crippen molar-refractivity contribution >= 4 is 5.91 Å². The summed E-state index contributed by atoms with van der Waals surface area (Å²) < 4.78 is 5.00. The lowest BCUT2D eigenvalue weighted by atomic mass is 10.2. The Kier molecular flexibility index (Phi) is 8.05. The number of methoxy groups -OCH3 is 1. The van der Waals surface area contributed by atoms with E-state index in [2.05, 4.69) is 27.0 Å². The highest BCUT2D eigenvalue weighted by Crippen LogP contribution is 2.03. The van der Waals surface area contributed by atoms with Gasteiger partial charge in [-0.3, -0.25) is 4.79 Å². The van der Waals surface area contributed by atoms with Crippen molar-refractivity contribution in [3.05, 3.63) is 29.6 Å². The average Bonchev–Trinajstić information content (AvgIpc) is 2.51. The average molecular weight is 290 g/mol. The summed E-state index contributed by atoms with van der Waals surface area (Å²) >= 11 is 0. The van der Waals surface area contributed by atoms with E-state index in [0.717, 1.165) is 13.1 Å². The zero-order chi connectivity index (χ0) is 15.5. The van der Waals surface area contributed by atoms with Gasteiger partial charge in [0.05, 0.1) is 18.7 Å². The largest absolute Gasteiger partial charge is 0.383 e. The second-order valence-electron chi connectivity index (χ2n) is 4.46. The number of carbonyl (C=O) groups excluding carboxylic acids is 1. The van der Waals surface area contributed by atoms with Gasteiger partial charge < -0.3 is 20.7 Å². The topological polar surface area (TPSA) is 80.5 Å². The van der Waals surface area contributed by atoms with E-state index < -0.39 is 0 Å². The van der Waals surface area contributed by atoms with Gasteiger partial charge in [0.1, 0.15) is 5.69 Å². The highest BCUT2D eigenvalue weighted by atomic mass is 16.5. The molecule has 1 aromatic rings. The summed E-state index contributed by atoms with van der Waals surface area (Å²) in [6.07, 6.45) is 1.58. The molecule has 6 nitrogen and oxygen atoms in total. The molecular weight excluding hydrogens is 268 g/mol. The highest BCUT2D eigenvalue weighted by Gasteiger charge is 2.11. The van der Waals surface area contributed by atoms with Gasteiger partial charge in [0.15, 0.2) is 0 Å². The molecule has 114 valence electrons. The van der Waals surface area contributed by atoms with E-state index in [9.17, 15) is 4.79 Å². The van der Waals surface area contributed by atoms with Crippen LogP contribution in [0.15, 0.2) is 18.3 Å². The number of hydrogen-bond acceptors (Lipinski definition) is 5. The molecule has 21 heavy (non-hydrogen) atoms. The fraction of sp³-hybridized carbons (Fsp3) is 0.467. The Morgan fingerprint density at radius 1 is 1.52 bits per heavy atom. The molecule has 0 unspecified atom stereocenters. The predicted octanol–water partition coefficient (Wildman–Crippen LogP) is -0.300. The Morgan fingerprint density at radius 2 is 2.33 bits per heavy atom. The van der Waals surface area contributed by atoms with E-state index in [1.807, 2.05) is 7.05 Å². The van der Waals surface area contributed by atoms with E-state index in [4.69, 9.17) is 10.5 Å². The molecule has 0 atom stereocenters. The number of hydrogen-bond donors (Lipinski definition) is 2. The van der Waals surface area contributed by atoms with Gasteiger partial charge in [0.25, 0.3) is 5.91 Å². The summed E-state index contributed by atoms with van der Waals surface area (Å²) in [6, 6.07) is 3.51. The van der Waals surface area contributed by atoms with Gasteiger partial charge in [-0.2, -0.15) is 0 Å². The van der Waals surface area contributed by atoms with Gasteiger partial charge in [0.2, 0.25) is 0 Å². The number of amides is 1. The van der Waals surface area contributed by atoms with Gasteiger partial charge in [0, 0.05) is 32.9 Å². The van der Waals surface area contributed by atoms with Crippen LogP contribution in [0.5, 0.6) is 0 Å². The zero-order valence-electron chi connectivity index (χ0n) is 12.6. The summed E-state index contributed by atoms with van der Waals surface area (Å²) in [6.45, 7) is 3.03. The monoisotopic (exact) mass is 290 g/mol. The van der Waals surface area contributed by atoms with Gasteiger partial charge >= 0.3 is 0 Å². The van der Waals surface area contributed by atoms with E-state index >= 15 is 0 Å². The van der Waals surface area contributed by atoms with Crippen molar-refractivity contribution in [1.29, 1.82) is 0 Å². The molecule has 6 heteroatoms. The van der Waals surface area contributed by atoms with Gasteiger partial charge in [-0.25, -0.2) is 4.98 Å². The molecule has 0 aliphatic rings. The number of pyridine rings is 1. The molecule has 0 aliphatic heterocycles. The fourth-order valence-electron chi connectivity index (χ4n) is 1.64. The minimum Gasteiger partial charge on any atom is -0.383 e. The number of nitrogens with two attached hydrogens (primary N) is 1. The lowest BCUT2D eigenvalue weighted by Crippen LogP contribution is -2.35. The molecule has 0 aromatic carbocycles. The number of nitrogens with one attached hydrogen (secondary N) is 1. The van der Waals surface area contributed by atoms with Gasteiger partial charge in [-0.1, -0.05) is 11.8 Å². The number of nitrogens with zero attached hydrogens (tertiary/aromatic N) is 2. The van der Waals surface area contributed by atoms with Crippen LogP contribution in [0.3, 0.4) is 0 Å². The van der Waals surface area contributed by atoms with Crippen LogP contribution in [-0.4, -0.2) is 62.7 Å². The van der Waals surface area contributed by atoms with Crippen molar-refractivity contribution in [2.75, 3.05) is 46.9 Å². The van der Waals surface area contributed by atoms with Crippen LogP contribution < -0.4 is 11.1 Å². The van der Waals surface area contributed by atoms with Crippen molar-refractivity contribution in [2.24, 2.45) is 5.73 Å². The van der Waals surface area contributed by atoms with Crippen LogP contribution in [0.25, 0.3) is 0 Å². The summed E-state index contributed by atoms with van der Waals surface area (Å²) in [5.41, 5.74) is 6.27. The summed E-state index contributed by atoms with van der Waals surface area (Å²) in [5, 5.41) is 2.84. The van der Waals surface area contributed by atoms with Crippen molar-refractivity contribution in [1.82, 2.24) is 15.2 Å². The Hall–Kier alpha value is -1.94. The van der Waals surface area contributed by atoms with Crippen LogP contribution >= 0.6 is 0 Å². The molecular formula is C15H22N4O2. The maximum absolute atomic E-state index is 12.1. The first-order valence-corrected chi connectivity index (χ1v) is 6.78. The summed E-state index contributed by atoms with van der Waals surface area (Å²) in [4.78, 5) is 18.3.